The first-order valence-electron chi connectivity index (χ1n) is 12.3. The van der Waals surface area contributed by atoms with Crippen LogP contribution in [0.15, 0.2) is 95.1 Å². The molecule has 6 nitrogen and oxygen atoms in total. The molecule has 0 saturated heterocycles. The molecule has 0 aliphatic carbocycles. The Balaban J connectivity index is 1.33. The molecule has 0 fully saturated rings. The summed E-state index contributed by atoms with van der Waals surface area (Å²) in [7, 11) is 0. The van der Waals surface area contributed by atoms with E-state index in [-0.39, 0.29) is 11.8 Å². The number of hydrogen-bond donors (Lipinski definition) is 2. The summed E-state index contributed by atoms with van der Waals surface area (Å²) in [6.45, 7) is 8.19. The topological polar surface area (TPSA) is 82.9 Å². The molecule has 38 heavy (non-hydrogen) atoms. The summed E-state index contributed by atoms with van der Waals surface area (Å²) < 4.78 is 0. The van der Waals surface area contributed by atoms with Gasteiger partial charge in [-0.2, -0.15) is 10.2 Å². The Morgan fingerprint density at radius 1 is 0.526 bits per heavy atom. The van der Waals surface area contributed by atoms with E-state index in [2.05, 4.69) is 34.9 Å². The minimum atomic E-state index is -0.287. The van der Waals surface area contributed by atoms with E-state index in [1.165, 1.54) is 22.3 Å². The predicted octanol–water partition coefficient (Wildman–Crippen LogP) is 6.12. The number of hydrazone groups is 2. The van der Waals surface area contributed by atoms with Crippen molar-refractivity contribution < 1.29 is 9.59 Å². The second-order valence-corrected chi connectivity index (χ2v) is 9.24. The molecule has 0 aromatic heterocycles. The Morgan fingerprint density at radius 3 is 1.24 bits per heavy atom. The summed E-state index contributed by atoms with van der Waals surface area (Å²) in [6, 6.07) is 26.5. The zero-order chi connectivity index (χ0) is 27.1. The molecule has 6 heteroatoms. The molecular weight excluding hydrogens is 472 g/mol. The number of benzene rings is 4. The maximum atomic E-state index is 12.5. The normalized spacial score (nSPS) is 11.2. The average molecular weight is 503 g/mol. The molecule has 0 heterocycles. The van der Waals surface area contributed by atoms with Crippen molar-refractivity contribution in [2.45, 2.75) is 27.7 Å². The van der Waals surface area contributed by atoms with Crippen LogP contribution in [0, 0.1) is 27.7 Å². The molecule has 4 aromatic rings. The van der Waals surface area contributed by atoms with Gasteiger partial charge in [-0.05, 0) is 96.5 Å². The molecule has 0 radical (unpaired) electrons. The van der Waals surface area contributed by atoms with E-state index in [0.717, 1.165) is 22.3 Å². The number of carbonyl (C=O) groups is 2. The van der Waals surface area contributed by atoms with Gasteiger partial charge in [0.2, 0.25) is 0 Å². The number of carbonyl (C=O) groups excluding carboxylic acids is 2. The van der Waals surface area contributed by atoms with Crippen LogP contribution in [0.1, 0.15) is 54.1 Å². The smallest absolute Gasteiger partial charge is 0.267 e. The minimum absolute atomic E-state index is 0.287. The van der Waals surface area contributed by atoms with Crippen LogP contribution in [0.25, 0.3) is 11.1 Å². The van der Waals surface area contributed by atoms with Crippen molar-refractivity contribution in [3.05, 3.63) is 129 Å². The molecule has 190 valence electrons. The third-order valence-electron chi connectivity index (χ3n) is 6.45. The van der Waals surface area contributed by atoms with Crippen LogP contribution in [0.2, 0.25) is 0 Å². The first-order chi connectivity index (χ1) is 18.3. The van der Waals surface area contributed by atoms with Gasteiger partial charge in [-0.3, -0.25) is 9.59 Å². The summed E-state index contributed by atoms with van der Waals surface area (Å²) in [5, 5.41) is 8.14. The maximum Gasteiger partial charge on any atom is 0.271 e. The lowest BCUT2D eigenvalue weighted by atomic mass is 10.0. The van der Waals surface area contributed by atoms with Crippen molar-refractivity contribution in [3.63, 3.8) is 0 Å². The second-order valence-electron chi connectivity index (χ2n) is 9.24. The van der Waals surface area contributed by atoms with Crippen molar-refractivity contribution in [3.8, 4) is 11.1 Å². The second kappa shape index (κ2) is 11.9. The molecule has 4 aromatic carbocycles. The molecule has 0 bridgehead atoms. The van der Waals surface area contributed by atoms with Crippen LogP contribution in [0.4, 0.5) is 0 Å². The highest BCUT2D eigenvalue weighted by molar-refractivity contribution is 5.96. The fourth-order valence-corrected chi connectivity index (χ4v) is 3.78. The van der Waals surface area contributed by atoms with Crippen molar-refractivity contribution in [1.29, 1.82) is 0 Å². The highest BCUT2D eigenvalue weighted by atomic mass is 16.2. The number of amides is 2. The fourth-order valence-electron chi connectivity index (χ4n) is 3.78. The first-order valence-corrected chi connectivity index (χ1v) is 12.3. The van der Waals surface area contributed by atoms with Gasteiger partial charge in [0.15, 0.2) is 0 Å². The molecular formula is C32H30N4O2. The van der Waals surface area contributed by atoms with Crippen LogP contribution >= 0.6 is 0 Å². The molecule has 2 amide bonds. The highest BCUT2D eigenvalue weighted by Crippen LogP contribution is 2.20. The lowest BCUT2D eigenvalue weighted by Gasteiger charge is -2.06. The molecule has 4 rings (SSSR count). The third-order valence-corrected chi connectivity index (χ3v) is 6.45. The van der Waals surface area contributed by atoms with Gasteiger partial charge in [0.25, 0.3) is 11.8 Å². The van der Waals surface area contributed by atoms with Crippen LogP contribution in [-0.2, 0) is 0 Å². The van der Waals surface area contributed by atoms with Crippen LogP contribution in [-0.4, -0.2) is 24.2 Å². The van der Waals surface area contributed by atoms with Crippen LogP contribution in [0.5, 0.6) is 0 Å². The SMILES string of the molecule is Cc1ccc(/C=N/NC(=O)c2ccc(-c3ccc(C(=O)N/N=C/c4ccc(C)c(C)c4)cc3)cc2)cc1C. The summed E-state index contributed by atoms with van der Waals surface area (Å²) in [5.74, 6) is -0.574. The van der Waals surface area contributed by atoms with E-state index in [4.69, 9.17) is 0 Å². The highest BCUT2D eigenvalue weighted by Gasteiger charge is 2.07. The molecule has 0 unspecified atom stereocenters. The van der Waals surface area contributed by atoms with Crippen LogP contribution < -0.4 is 10.9 Å². The van der Waals surface area contributed by atoms with E-state index < -0.39 is 0 Å². The Kier molecular flexibility index (Phi) is 8.23. The molecule has 0 atom stereocenters. The Labute approximate surface area is 223 Å². The van der Waals surface area contributed by atoms with Crippen LogP contribution in [0.3, 0.4) is 0 Å². The number of aryl methyl sites for hydroxylation is 4. The predicted molar refractivity (Wildman–Crippen MR) is 154 cm³/mol. The summed E-state index contributed by atoms with van der Waals surface area (Å²) in [5.41, 5.74) is 14.6. The van der Waals surface area contributed by atoms with Gasteiger partial charge in [-0.25, -0.2) is 10.9 Å². The van der Waals surface area contributed by atoms with E-state index in [1.54, 1.807) is 36.7 Å². The first kappa shape index (κ1) is 26.2. The number of nitrogens with one attached hydrogen (secondary N) is 2. The zero-order valence-electron chi connectivity index (χ0n) is 21.9. The lowest BCUT2D eigenvalue weighted by molar-refractivity contribution is 0.0947. The quantitative estimate of drug-likeness (QED) is 0.236. The van der Waals surface area contributed by atoms with Gasteiger partial charge in [-0.15, -0.1) is 0 Å². The number of nitrogens with zero attached hydrogens (tertiary/aromatic N) is 2. The molecule has 0 aliphatic heterocycles. The maximum absolute atomic E-state index is 12.5. The van der Waals surface area contributed by atoms with Crippen molar-refractivity contribution >= 4 is 24.2 Å². The van der Waals surface area contributed by atoms with Gasteiger partial charge in [0, 0.05) is 11.1 Å². The average Bonchev–Trinajstić information content (AvgIpc) is 2.92. The zero-order valence-corrected chi connectivity index (χ0v) is 21.9. The lowest BCUT2D eigenvalue weighted by Crippen LogP contribution is -2.17. The Bertz CT molecular complexity index is 1400. The van der Waals surface area contributed by atoms with Crippen molar-refractivity contribution in [2.24, 2.45) is 10.2 Å². The summed E-state index contributed by atoms with van der Waals surface area (Å²) in [6.07, 6.45) is 3.26. The standard InChI is InChI=1S/C32H30N4O2/c1-21-5-7-25(17-23(21)3)19-33-35-31(37)29-13-9-27(10-14-29)28-11-15-30(16-12-28)32(38)36-34-20-26-8-6-22(2)24(4)18-26/h5-20H,1-4H3,(H,35,37)(H,36,38)/b33-19+,34-20+. The Hall–Kier alpha value is -4.84. The largest absolute Gasteiger partial charge is 0.271 e. The Morgan fingerprint density at radius 2 is 0.895 bits per heavy atom. The van der Waals surface area contributed by atoms with Gasteiger partial charge in [0.1, 0.15) is 0 Å². The number of rotatable bonds is 7. The third kappa shape index (κ3) is 6.68. The fraction of sp³-hybridized carbons (Fsp3) is 0.125. The number of hydrogen-bond acceptors (Lipinski definition) is 4. The monoisotopic (exact) mass is 502 g/mol. The van der Waals surface area contributed by atoms with E-state index in [9.17, 15) is 9.59 Å². The molecule has 0 aliphatic rings. The van der Waals surface area contributed by atoms with Gasteiger partial charge in [0.05, 0.1) is 12.4 Å². The summed E-state index contributed by atoms with van der Waals surface area (Å²) >= 11 is 0. The summed E-state index contributed by atoms with van der Waals surface area (Å²) in [4.78, 5) is 24.9. The van der Waals surface area contributed by atoms with E-state index in [0.29, 0.717) is 11.1 Å². The molecule has 2 N–H and O–H groups in total. The molecule has 0 saturated carbocycles. The van der Waals surface area contributed by atoms with Gasteiger partial charge < -0.3 is 0 Å². The molecule has 0 spiro atoms. The van der Waals surface area contributed by atoms with Gasteiger partial charge >= 0.3 is 0 Å². The van der Waals surface area contributed by atoms with E-state index in [1.807, 2.05) is 74.5 Å². The van der Waals surface area contributed by atoms with Crippen molar-refractivity contribution in [2.75, 3.05) is 0 Å². The van der Waals surface area contributed by atoms with Gasteiger partial charge in [-0.1, -0.05) is 60.7 Å². The minimum Gasteiger partial charge on any atom is -0.267 e. The van der Waals surface area contributed by atoms with Crippen molar-refractivity contribution in [1.82, 2.24) is 10.9 Å². The van der Waals surface area contributed by atoms with E-state index >= 15 is 0 Å².